The van der Waals surface area contributed by atoms with Crippen LogP contribution < -0.4 is 14.8 Å². The summed E-state index contributed by atoms with van der Waals surface area (Å²) < 4.78 is 37.6. The number of halogens is 2. The standard InChI is InChI=1S/C24H18F2N4O5/c1-29-21(13-3-6-18-19(9-13)35-24(25,26)34-18)16(10-27-29)12-2-4-15-14(8-12)11-30(23(15)33)17-5-7-20(31)28-22(17)32/h2-4,6,8-10,17H,5,7,11H2,1H3,(H,28,31,32). The fourth-order valence-corrected chi connectivity index (χ4v) is 4.83. The highest BCUT2D eigenvalue weighted by Crippen LogP contribution is 2.44. The van der Waals surface area contributed by atoms with E-state index in [2.05, 4.69) is 19.9 Å². The minimum atomic E-state index is -3.71. The number of piperidine rings is 1. The van der Waals surface area contributed by atoms with Crippen LogP contribution in [0.5, 0.6) is 11.5 Å². The molecule has 1 saturated heterocycles. The number of amides is 3. The molecule has 3 amide bonds. The molecule has 1 aromatic heterocycles. The molecule has 4 heterocycles. The molecule has 0 radical (unpaired) electrons. The molecule has 2 aromatic carbocycles. The third kappa shape index (κ3) is 3.42. The van der Waals surface area contributed by atoms with Crippen LogP contribution in [0.4, 0.5) is 8.78 Å². The van der Waals surface area contributed by atoms with Gasteiger partial charge in [-0.3, -0.25) is 24.4 Å². The Morgan fingerprint density at radius 2 is 1.80 bits per heavy atom. The number of carbonyl (C=O) groups excluding carboxylic acids is 3. The van der Waals surface area contributed by atoms with Crippen molar-refractivity contribution in [3.63, 3.8) is 0 Å². The van der Waals surface area contributed by atoms with Gasteiger partial charge in [0.15, 0.2) is 11.5 Å². The third-order valence-electron chi connectivity index (χ3n) is 6.45. The lowest BCUT2D eigenvalue weighted by molar-refractivity contribution is -0.286. The topological polar surface area (TPSA) is 103 Å². The zero-order chi connectivity index (χ0) is 24.5. The molecule has 6 rings (SSSR count). The maximum absolute atomic E-state index is 13.5. The van der Waals surface area contributed by atoms with Crippen molar-refractivity contribution in [3.05, 3.63) is 53.7 Å². The molecule has 0 aliphatic carbocycles. The van der Waals surface area contributed by atoms with Gasteiger partial charge in [-0.15, -0.1) is 8.78 Å². The highest BCUT2D eigenvalue weighted by Gasteiger charge is 2.43. The number of ether oxygens (including phenoxy) is 2. The Hall–Kier alpha value is -4.28. The quantitative estimate of drug-likeness (QED) is 0.579. The van der Waals surface area contributed by atoms with Gasteiger partial charge in [0.2, 0.25) is 11.8 Å². The van der Waals surface area contributed by atoms with E-state index in [-0.39, 0.29) is 42.7 Å². The van der Waals surface area contributed by atoms with Gasteiger partial charge in [0, 0.05) is 36.7 Å². The van der Waals surface area contributed by atoms with Crippen LogP contribution in [-0.4, -0.2) is 44.7 Å². The van der Waals surface area contributed by atoms with Gasteiger partial charge in [-0.2, -0.15) is 5.10 Å². The molecule has 1 atom stereocenters. The van der Waals surface area contributed by atoms with Crippen molar-refractivity contribution in [3.8, 4) is 33.9 Å². The van der Waals surface area contributed by atoms with Crippen LogP contribution in [0.3, 0.4) is 0 Å². The van der Waals surface area contributed by atoms with E-state index in [1.807, 2.05) is 6.07 Å². The highest BCUT2D eigenvalue weighted by atomic mass is 19.3. The molecule has 3 aliphatic rings. The first kappa shape index (κ1) is 21.3. The average molecular weight is 480 g/mol. The van der Waals surface area contributed by atoms with Crippen LogP contribution in [-0.2, 0) is 23.2 Å². The first-order valence-corrected chi connectivity index (χ1v) is 10.9. The number of carbonyl (C=O) groups is 3. The number of aryl methyl sites for hydroxylation is 1. The van der Waals surface area contributed by atoms with Gasteiger partial charge in [-0.1, -0.05) is 6.07 Å². The number of imide groups is 1. The number of aromatic nitrogens is 2. The lowest BCUT2D eigenvalue weighted by Gasteiger charge is -2.29. The average Bonchev–Trinajstić information content (AvgIpc) is 3.44. The summed E-state index contributed by atoms with van der Waals surface area (Å²) in [5.74, 6) is -1.19. The fourth-order valence-electron chi connectivity index (χ4n) is 4.83. The summed E-state index contributed by atoms with van der Waals surface area (Å²) >= 11 is 0. The van der Waals surface area contributed by atoms with Crippen molar-refractivity contribution in [2.75, 3.05) is 0 Å². The molecule has 9 nitrogen and oxygen atoms in total. The van der Waals surface area contributed by atoms with Crippen LogP contribution in [0.25, 0.3) is 22.4 Å². The molecule has 11 heteroatoms. The molecule has 1 unspecified atom stereocenters. The van der Waals surface area contributed by atoms with Crippen molar-refractivity contribution in [1.29, 1.82) is 0 Å². The monoisotopic (exact) mass is 480 g/mol. The molecular weight excluding hydrogens is 462 g/mol. The highest BCUT2D eigenvalue weighted by molar-refractivity contribution is 6.05. The van der Waals surface area contributed by atoms with Crippen molar-refractivity contribution in [2.24, 2.45) is 7.05 Å². The number of nitrogens with one attached hydrogen (secondary N) is 1. The molecule has 0 saturated carbocycles. The van der Waals surface area contributed by atoms with E-state index in [4.69, 9.17) is 0 Å². The first-order chi connectivity index (χ1) is 16.7. The van der Waals surface area contributed by atoms with E-state index in [1.165, 1.54) is 17.0 Å². The number of alkyl halides is 2. The van der Waals surface area contributed by atoms with E-state index in [1.54, 1.807) is 36.1 Å². The molecule has 35 heavy (non-hydrogen) atoms. The molecule has 178 valence electrons. The SMILES string of the molecule is Cn1ncc(-c2ccc3c(c2)CN(C2CCC(=O)NC2=O)C3=O)c1-c1ccc2c(c1)OC(F)(F)O2. The minimum absolute atomic E-state index is 0.0490. The Labute approximate surface area is 197 Å². The van der Waals surface area contributed by atoms with Gasteiger partial charge >= 0.3 is 6.29 Å². The molecule has 0 spiro atoms. The maximum atomic E-state index is 13.5. The van der Waals surface area contributed by atoms with E-state index in [9.17, 15) is 23.2 Å². The first-order valence-electron chi connectivity index (χ1n) is 10.9. The normalized spacial score (nSPS) is 20.3. The number of hydrogen-bond acceptors (Lipinski definition) is 6. The zero-order valence-corrected chi connectivity index (χ0v) is 18.4. The van der Waals surface area contributed by atoms with Gasteiger partial charge in [0.1, 0.15) is 6.04 Å². The number of fused-ring (bicyclic) bond motifs is 2. The van der Waals surface area contributed by atoms with Crippen molar-refractivity contribution < 1.29 is 32.6 Å². The number of rotatable bonds is 3. The lowest BCUT2D eigenvalue weighted by atomic mass is 9.98. The van der Waals surface area contributed by atoms with Gasteiger partial charge in [0.05, 0.1) is 11.9 Å². The molecular formula is C24H18F2N4O5. The van der Waals surface area contributed by atoms with E-state index in [0.717, 1.165) is 16.7 Å². The van der Waals surface area contributed by atoms with E-state index >= 15 is 0 Å². The van der Waals surface area contributed by atoms with Crippen LogP contribution >= 0.6 is 0 Å². The van der Waals surface area contributed by atoms with E-state index in [0.29, 0.717) is 16.8 Å². The predicted molar refractivity (Wildman–Crippen MR) is 116 cm³/mol. The largest absolute Gasteiger partial charge is 0.586 e. The maximum Gasteiger partial charge on any atom is 0.586 e. The van der Waals surface area contributed by atoms with Gasteiger partial charge in [0.25, 0.3) is 5.91 Å². The summed E-state index contributed by atoms with van der Waals surface area (Å²) in [6, 6.07) is 9.19. The lowest BCUT2D eigenvalue weighted by Crippen LogP contribution is -2.52. The Morgan fingerprint density at radius 1 is 1.03 bits per heavy atom. The molecule has 1 N–H and O–H groups in total. The molecule has 1 fully saturated rings. The summed E-state index contributed by atoms with van der Waals surface area (Å²) in [6.45, 7) is 0.239. The molecule has 3 aromatic rings. The summed E-state index contributed by atoms with van der Waals surface area (Å²) in [5.41, 5.74) is 4.01. The van der Waals surface area contributed by atoms with Crippen LogP contribution in [0.15, 0.2) is 42.6 Å². The number of nitrogens with zero attached hydrogens (tertiary/aromatic N) is 3. The Bertz CT molecular complexity index is 1430. The minimum Gasteiger partial charge on any atom is -0.395 e. The van der Waals surface area contributed by atoms with Crippen LogP contribution in [0, 0.1) is 0 Å². The van der Waals surface area contributed by atoms with Crippen LogP contribution in [0.1, 0.15) is 28.8 Å². The number of hydrogen-bond donors (Lipinski definition) is 1. The Kier molecular flexibility index (Phi) is 4.47. The second kappa shape index (κ2) is 7.36. The van der Waals surface area contributed by atoms with Crippen molar-refractivity contribution in [1.82, 2.24) is 20.0 Å². The summed E-state index contributed by atoms with van der Waals surface area (Å²) in [4.78, 5) is 38.3. The number of benzene rings is 2. The molecule has 0 bridgehead atoms. The Balaban J connectivity index is 1.33. The zero-order valence-electron chi connectivity index (χ0n) is 18.4. The Morgan fingerprint density at radius 3 is 2.60 bits per heavy atom. The van der Waals surface area contributed by atoms with Crippen molar-refractivity contribution in [2.45, 2.75) is 31.7 Å². The molecule has 3 aliphatic heterocycles. The fraction of sp³-hybridized carbons (Fsp3) is 0.250. The van der Waals surface area contributed by atoms with Crippen LogP contribution in [0.2, 0.25) is 0 Å². The predicted octanol–water partition coefficient (Wildman–Crippen LogP) is 2.84. The van der Waals surface area contributed by atoms with Gasteiger partial charge in [-0.25, -0.2) is 0 Å². The van der Waals surface area contributed by atoms with E-state index < -0.39 is 18.2 Å². The van der Waals surface area contributed by atoms with Gasteiger partial charge < -0.3 is 14.4 Å². The second-order valence-electron chi connectivity index (χ2n) is 8.63. The summed E-state index contributed by atoms with van der Waals surface area (Å²) in [5, 5.41) is 6.63. The smallest absolute Gasteiger partial charge is 0.395 e. The van der Waals surface area contributed by atoms with Crippen molar-refractivity contribution >= 4 is 17.7 Å². The summed E-state index contributed by atoms with van der Waals surface area (Å²) in [6.07, 6.45) is -1.59. The summed E-state index contributed by atoms with van der Waals surface area (Å²) in [7, 11) is 1.74. The third-order valence-corrected chi connectivity index (χ3v) is 6.45. The second-order valence-corrected chi connectivity index (χ2v) is 8.63. The van der Waals surface area contributed by atoms with Gasteiger partial charge in [-0.05, 0) is 47.9 Å².